The number of carbonyl (C=O) groups is 2. The number of amides is 1. The van der Waals surface area contributed by atoms with E-state index in [1.54, 1.807) is 17.0 Å². The number of likely N-dealkylation sites (tertiary alicyclic amines) is 1. The number of halogens is 1. The van der Waals surface area contributed by atoms with Gasteiger partial charge in [0.2, 0.25) is 0 Å². The van der Waals surface area contributed by atoms with Gasteiger partial charge in [-0.1, -0.05) is 0 Å². The Balaban J connectivity index is 2.09. The van der Waals surface area contributed by atoms with Crippen molar-refractivity contribution in [2.75, 3.05) is 13.1 Å². The second kappa shape index (κ2) is 5.77. The lowest BCUT2D eigenvalue weighted by atomic mass is 9.96. The number of benzene rings is 1. The third kappa shape index (κ3) is 3.17. The van der Waals surface area contributed by atoms with Crippen molar-refractivity contribution >= 4 is 34.5 Å². The van der Waals surface area contributed by atoms with Gasteiger partial charge in [0.25, 0.3) is 5.91 Å². The molecule has 102 valence electrons. The minimum absolute atomic E-state index is 0.0363. The lowest BCUT2D eigenvalue weighted by Gasteiger charge is -2.30. The maximum Gasteiger partial charge on any atom is 0.306 e. The molecule has 1 aliphatic rings. The van der Waals surface area contributed by atoms with Crippen LogP contribution in [0.1, 0.15) is 23.2 Å². The quantitative estimate of drug-likeness (QED) is 0.775. The number of carboxylic acid groups (broad SMARTS) is 1. The highest BCUT2D eigenvalue weighted by atomic mass is 127. The number of phenolic OH excluding ortho intramolecular Hbond substituents is 1. The molecule has 1 saturated heterocycles. The zero-order valence-electron chi connectivity index (χ0n) is 10.2. The zero-order chi connectivity index (χ0) is 14.0. The predicted octanol–water partition coefficient (Wildman–Crippen LogP) is 1.93. The van der Waals surface area contributed by atoms with Crippen LogP contribution in [0.25, 0.3) is 0 Å². The highest BCUT2D eigenvalue weighted by Gasteiger charge is 2.28. The topological polar surface area (TPSA) is 77.8 Å². The van der Waals surface area contributed by atoms with E-state index >= 15 is 0 Å². The van der Waals surface area contributed by atoms with Crippen LogP contribution in [-0.2, 0) is 4.79 Å². The Morgan fingerprint density at radius 1 is 1.26 bits per heavy atom. The summed E-state index contributed by atoms with van der Waals surface area (Å²) in [5, 5.41) is 18.6. The van der Waals surface area contributed by atoms with Gasteiger partial charge in [-0.3, -0.25) is 9.59 Å². The number of nitrogens with zero attached hydrogens (tertiary/aromatic N) is 1. The number of hydrogen-bond donors (Lipinski definition) is 2. The summed E-state index contributed by atoms with van der Waals surface area (Å²) in [4.78, 5) is 24.7. The van der Waals surface area contributed by atoms with Crippen LogP contribution in [-0.4, -0.2) is 40.1 Å². The molecule has 19 heavy (non-hydrogen) atoms. The molecule has 1 amide bonds. The third-order valence-corrected chi connectivity index (χ3v) is 3.99. The molecule has 0 spiro atoms. The highest BCUT2D eigenvalue weighted by molar-refractivity contribution is 14.1. The summed E-state index contributed by atoms with van der Waals surface area (Å²) in [6.07, 6.45) is 0.928. The van der Waals surface area contributed by atoms with Gasteiger partial charge in [-0.05, 0) is 53.6 Å². The zero-order valence-corrected chi connectivity index (χ0v) is 12.3. The van der Waals surface area contributed by atoms with E-state index in [2.05, 4.69) is 22.6 Å². The molecule has 0 unspecified atom stereocenters. The van der Waals surface area contributed by atoms with Crippen molar-refractivity contribution in [3.63, 3.8) is 0 Å². The molecule has 0 bridgehead atoms. The fourth-order valence-electron chi connectivity index (χ4n) is 2.18. The van der Waals surface area contributed by atoms with Gasteiger partial charge in [0, 0.05) is 16.7 Å². The van der Waals surface area contributed by atoms with Crippen LogP contribution in [0.4, 0.5) is 0 Å². The Labute approximate surface area is 124 Å². The van der Waals surface area contributed by atoms with E-state index in [1.165, 1.54) is 6.07 Å². The Kier molecular flexibility index (Phi) is 4.28. The minimum atomic E-state index is -0.802. The first-order valence-electron chi connectivity index (χ1n) is 5.99. The van der Waals surface area contributed by atoms with Crippen molar-refractivity contribution < 1.29 is 19.8 Å². The second-order valence-corrected chi connectivity index (χ2v) is 5.81. The molecule has 0 aromatic heterocycles. The molecule has 0 atom stereocenters. The van der Waals surface area contributed by atoms with E-state index in [1.807, 2.05) is 0 Å². The lowest BCUT2D eigenvalue weighted by molar-refractivity contribution is -0.143. The number of hydrogen-bond acceptors (Lipinski definition) is 3. The van der Waals surface area contributed by atoms with Crippen LogP contribution in [0.15, 0.2) is 18.2 Å². The van der Waals surface area contributed by atoms with E-state index in [9.17, 15) is 14.7 Å². The molecular formula is C13H14INO4. The number of carbonyl (C=O) groups excluding carboxylic acids is 1. The van der Waals surface area contributed by atoms with Crippen LogP contribution < -0.4 is 0 Å². The van der Waals surface area contributed by atoms with Crippen LogP contribution in [0.3, 0.4) is 0 Å². The number of phenols is 1. The summed E-state index contributed by atoms with van der Waals surface area (Å²) in [5.74, 6) is -1.44. The van der Waals surface area contributed by atoms with Gasteiger partial charge in [-0.2, -0.15) is 0 Å². The van der Waals surface area contributed by atoms with Crippen molar-refractivity contribution in [1.29, 1.82) is 0 Å². The Bertz CT molecular complexity index is 509. The average Bonchev–Trinajstić information content (AvgIpc) is 2.41. The third-order valence-electron chi connectivity index (χ3n) is 3.32. The number of aromatic hydroxyl groups is 1. The fourth-order valence-corrected chi connectivity index (χ4v) is 2.67. The fraction of sp³-hybridized carbons (Fsp3) is 0.385. The largest absolute Gasteiger partial charge is 0.507 e. The summed E-state index contributed by atoms with van der Waals surface area (Å²) in [5.41, 5.74) is 0.278. The van der Waals surface area contributed by atoms with Gasteiger partial charge >= 0.3 is 5.97 Å². The lowest BCUT2D eigenvalue weighted by Crippen LogP contribution is -2.40. The van der Waals surface area contributed by atoms with Crippen molar-refractivity contribution in [2.24, 2.45) is 5.92 Å². The number of carboxylic acids is 1. The van der Waals surface area contributed by atoms with E-state index in [-0.39, 0.29) is 23.1 Å². The van der Waals surface area contributed by atoms with Crippen molar-refractivity contribution in [2.45, 2.75) is 12.8 Å². The first-order valence-corrected chi connectivity index (χ1v) is 7.07. The average molecular weight is 375 g/mol. The first-order chi connectivity index (χ1) is 8.99. The summed E-state index contributed by atoms with van der Waals surface area (Å²) in [7, 11) is 0. The summed E-state index contributed by atoms with van der Waals surface area (Å²) in [6.45, 7) is 0.835. The van der Waals surface area contributed by atoms with E-state index < -0.39 is 5.97 Å². The van der Waals surface area contributed by atoms with Crippen LogP contribution in [0, 0.1) is 9.49 Å². The number of aliphatic carboxylic acids is 1. The monoisotopic (exact) mass is 375 g/mol. The maximum atomic E-state index is 12.3. The molecule has 1 heterocycles. The molecule has 0 radical (unpaired) electrons. The van der Waals surface area contributed by atoms with Crippen LogP contribution >= 0.6 is 22.6 Å². The molecule has 2 rings (SSSR count). The van der Waals surface area contributed by atoms with Gasteiger partial charge in [-0.25, -0.2) is 0 Å². The van der Waals surface area contributed by atoms with Crippen molar-refractivity contribution in [3.05, 3.63) is 27.3 Å². The van der Waals surface area contributed by atoms with Gasteiger partial charge in [-0.15, -0.1) is 0 Å². The van der Waals surface area contributed by atoms with Gasteiger partial charge < -0.3 is 15.1 Å². The molecule has 6 heteroatoms. The SMILES string of the molecule is O=C(O)C1CCN(C(=O)c2cc(I)ccc2O)CC1. The Morgan fingerprint density at radius 2 is 1.89 bits per heavy atom. The molecular weight excluding hydrogens is 361 g/mol. The van der Waals surface area contributed by atoms with Crippen molar-refractivity contribution in [3.8, 4) is 5.75 Å². The number of rotatable bonds is 2. The predicted molar refractivity (Wildman–Crippen MR) is 77.1 cm³/mol. The molecule has 1 aromatic rings. The van der Waals surface area contributed by atoms with Gasteiger partial charge in [0.1, 0.15) is 5.75 Å². The summed E-state index contributed by atoms with van der Waals surface area (Å²) >= 11 is 2.08. The van der Waals surface area contributed by atoms with Crippen molar-refractivity contribution in [1.82, 2.24) is 4.90 Å². The first kappa shape index (κ1) is 14.1. The minimum Gasteiger partial charge on any atom is -0.507 e. The van der Waals surface area contributed by atoms with Crippen LogP contribution in [0.5, 0.6) is 5.75 Å². The van der Waals surface area contributed by atoms with E-state index in [4.69, 9.17) is 5.11 Å². The Hall–Kier alpha value is -1.31. The van der Waals surface area contributed by atoms with E-state index in [0.29, 0.717) is 25.9 Å². The summed E-state index contributed by atoms with van der Waals surface area (Å²) in [6, 6.07) is 4.86. The van der Waals surface area contributed by atoms with E-state index in [0.717, 1.165) is 3.57 Å². The number of piperidine rings is 1. The highest BCUT2D eigenvalue weighted by Crippen LogP contribution is 2.24. The molecule has 1 fully saturated rings. The maximum absolute atomic E-state index is 12.3. The standard InChI is InChI=1S/C13H14INO4/c14-9-1-2-11(16)10(7-9)12(17)15-5-3-8(4-6-15)13(18)19/h1-2,7-8,16H,3-6H2,(H,18,19). The Morgan fingerprint density at radius 3 is 2.47 bits per heavy atom. The smallest absolute Gasteiger partial charge is 0.306 e. The molecule has 5 nitrogen and oxygen atoms in total. The van der Waals surface area contributed by atoms with Gasteiger partial charge in [0.15, 0.2) is 0 Å². The molecule has 1 aromatic carbocycles. The molecule has 2 N–H and O–H groups in total. The van der Waals surface area contributed by atoms with Crippen LogP contribution in [0.2, 0.25) is 0 Å². The van der Waals surface area contributed by atoms with Gasteiger partial charge in [0.05, 0.1) is 11.5 Å². The molecule has 0 saturated carbocycles. The normalized spacial score (nSPS) is 16.4. The summed E-state index contributed by atoms with van der Waals surface area (Å²) < 4.78 is 0.874. The molecule has 0 aliphatic carbocycles. The second-order valence-electron chi connectivity index (χ2n) is 4.57. The molecule has 1 aliphatic heterocycles.